The van der Waals surface area contributed by atoms with Crippen LogP contribution in [0.4, 0.5) is 4.39 Å². The molecular formula is C18H19ClFN3O4. The topological polar surface area (TPSA) is 96.8 Å². The van der Waals surface area contributed by atoms with Crippen LogP contribution in [0.15, 0.2) is 58.5 Å². The number of aromatic amines is 1. The summed E-state index contributed by atoms with van der Waals surface area (Å²) < 4.78 is 23.5. The lowest BCUT2D eigenvalue weighted by Crippen LogP contribution is -2.01. The predicted molar refractivity (Wildman–Crippen MR) is 101 cm³/mol. The van der Waals surface area contributed by atoms with Gasteiger partial charge in [-0.25, -0.2) is 9.37 Å². The van der Waals surface area contributed by atoms with Gasteiger partial charge >= 0.3 is 0 Å². The number of hydrogen-bond donors (Lipinski definition) is 2. The SMILES string of the molecule is COc1cnc2[nH]cc(C(/C=C(Cl)/C(=C\C=C(/C)F)OCCO)N=O)c2c1. The van der Waals surface area contributed by atoms with E-state index in [1.54, 1.807) is 18.5 Å². The van der Waals surface area contributed by atoms with Crippen molar-refractivity contribution in [3.8, 4) is 5.75 Å². The van der Waals surface area contributed by atoms with E-state index in [1.165, 1.54) is 26.2 Å². The molecule has 2 aromatic rings. The van der Waals surface area contributed by atoms with Gasteiger partial charge in [0.25, 0.3) is 0 Å². The number of H-pyrrole nitrogens is 1. The number of aromatic nitrogens is 2. The minimum absolute atomic E-state index is 0.0392. The van der Waals surface area contributed by atoms with Gasteiger partial charge in [0.05, 0.1) is 30.8 Å². The minimum Gasteiger partial charge on any atom is -0.495 e. The molecule has 0 aromatic carbocycles. The standard InChI is InChI=1S/C18H19ClFN3O4/c1-11(20)3-4-17(27-6-5-24)15(19)8-16(23-25)14-10-22-18-13(14)7-12(26-2)9-21-18/h3-4,7-10,16,24H,5-6H2,1-2H3,(H,21,22)/b11-3+,15-8-,17-4+. The average Bonchev–Trinajstić information content (AvgIpc) is 3.08. The molecule has 2 aromatic heterocycles. The van der Waals surface area contributed by atoms with Crippen LogP contribution >= 0.6 is 11.6 Å². The third kappa shape index (κ3) is 5.38. The first-order valence-corrected chi connectivity index (χ1v) is 8.36. The van der Waals surface area contributed by atoms with E-state index in [0.29, 0.717) is 22.3 Å². The molecule has 1 unspecified atom stereocenters. The monoisotopic (exact) mass is 395 g/mol. The van der Waals surface area contributed by atoms with E-state index in [9.17, 15) is 9.30 Å². The number of aliphatic hydroxyl groups is 1. The van der Waals surface area contributed by atoms with Gasteiger partial charge in [0, 0.05) is 17.1 Å². The summed E-state index contributed by atoms with van der Waals surface area (Å²) in [5, 5.41) is 12.7. The number of hydrogen-bond acceptors (Lipinski definition) is 6. The molecule has 9 heteroatoms. The molecule has 0 amide bonds. The molecule has 0 aliphatic heterocycles. The van der Waals surface area contributed by atoms with E-state index in [0.717, 1.165) is 6.08 Å². The van der Waals surface area contributed by atoms with Crippen LogP contribution in [0.1, 0.15) is 18.5 Å². The first-order valence-electron chi connectivity index (χ1n) is 7.99. The molecule has 2 rings (SSSR count). The van der Waals surface area contributed by atoms with E-state index in [2.05, 4.69) is 15.1 Å². The van der Waals surface area contributed by atoms with Crippen molar-refractivity contribution >= 4 is 22.6 Å². The number of fused-ring (bicyclic) bond motifs is 1. The summed E-state index contributed by atoms with van der Waals surface area (Å²) in [5.74, 6) is 0.176. The van der Waals surface area contributed by atoms with Gasteiger partial charge < -0.3 is 19.6 Å². The second-order valence-electron chi connectivity index (χ2n) is 5.44. The normalized spacial score (nSPS) is 14.3. The Kier molecular flexibility index (Phi) is 7.51. The summed E-state index contributed by atoms with van der Waals surface area (Å²) in [6.07, 6.45) is 7.00. The number of methoxy groups -OCH3 is 1. The molecule has 0 aliphatic rings. The molecule has 0 radical (unpaired) electrons. The molecule has 0 saturated heterocycles. The highest BCUT2D eigenvalue weighted by Crippen LogP contribution is 2.31. The first kappa shape index (κ1) is 20.6. The Bertz CT molecular complexity index is 888. The largest absolute Gasteiger partial charge is 0.495 e. The fourth-order valence-corrected chi connectivity index (χ4v) is 2.54. The fraction of sp³-hybridized carbons (Fsp3) is 0.278. The highest BCUT2D eigenvalue weighted by molar-refractivity contribution is 6.31. The van der Waals surface area contributed by atoms with Crippen molar-refractivity contribution in [2.24, 2.45) is 5.18 Å². The van der Waals surface area contributed by atoms with Gasteiger partial charge in [-0.3, -0.25) is 0 Å². The van der Waals surface area contributed by atoms with E-state index >= 15 is 0 Å². The zero-order chi connectivity index (χ0) is 19.8. The Morgan fingerprint density at radius 1 is 1.52 bits per heavy atom. The maximum Gasteiger partial charge on any atom is 0.139 e. The van der Waals surface area contributed by atoms with E-state index in [1.807, 2.05) is 0 Å². The number of nitrogens with one attached hydrogen (secondary N) is 1. The van der Waals surface area contributed by atoms with E-state index in [-0.39, 0.29) is 24.0 Å². The van der Waals surface area contributed by atoms with Crippen molar-refractivity contribution in [3.05, 3.63) is 63.8 Å². The second kappa shape index (κ2) is 9.84. The van der Waals surface area contributed by atoms with Crippen molar-refractivity contribution in [2.75, 3.05) is 20.3 Å². The van der Waals surface area contributed by atoms with E-state index < -0.39 is 11.9 Å². The molecule has 144 valence electrons. The molecule has 27 heavy (non-hydrogen) atoms. The number of allylic oxidation sites excluding steroid dienone is 4. The molecule has 7 nitrogen and oxygen atoms in total. The fourth-order valence-electron chi connectivity index (χ4n) is 2.30. The lowest BCUT2D eigenvalue weighted by Gasteiger charge is -2.10. The average molecular weight is 396 g/mol. The zero-order valence-electron chi connectivity index (χ0n) is 14.8. The van der Waals surface area contributed by atoms with Crippen LogP contribution < -0.4 is 4.74 Å². The van der Waals surface area contributed by atoms with Crippen LogP contribution in [0.2, 0.25) is 0 Å². The van der Waals surface area contributed by atoms with Crippen molar-refractivity contribution in [1.29, 1.82) is 0 Å². The number of rotatable bonds is 9. The van der Waals surface area contributed by atoms with Crippen molar-refractivity contribution in [2.45, 2.75) is 13.0 Å². The molecule has 0 spiro atoms. The summed E-state index contributed by atoms with van der Waals surface area (Å²) in [6, 6.07) is 0.777. The Morgan fingerprint density at radius 2 is 2.30 bits per heavy atom. The molecule has 1 atom stereocenters. The van der Waals surface area contributed by atoms with Gasteiger partial charge in [-0.2, -0.15) is 0 Å². The maximum absolute atomic E-state index is 13.0. The Morgan fingerprint density at radius 3 is 2.93 bits per heavy atom. The van der Waals surface area contributed by atoms with Gasteiger partial charge in [-0.15, -0.1) is 4.91 Å². The summed E-state index contributed by atoms with van der Waals surface area (Å²) in [6.45, 7) is 0.978. The van der Waals surface area contributed by atoms with Crippen LogP contribution in [-0.4, -0.2) is 35.4 Å². The van der Waals surface area contributed by atoms with Gasteiger partial charge in [-0.1, -0.05) is 16.8 Å². The van der Waals surface area contributed by atoms with Crippen LogP contribution in [-0.2, 0) is 4.74 Å². The maximum atomic E-state index is 13.0. The predicted octanol–water partition coefficient (Wildman–Crippen LogP) is 4.27. The van der Waals surface area contributed by atoms with E-state index in [4.69, 9.17) is 26.2 Å². The molecule has 0 aliphatic carbocycles. The van der Waals surface area contributed by atoms with Crippen LogP contribution in [0.5, 0.6) is 5.75 Å². The summed E-state index contributed by atoms with van der Waals surface area (Å²) in [7, 11) is 1.51. The Hall–Kier alpha value is -2.71. The number of nitrogens with zero attached hydrogens (tertiary/aromatic N) is 2. The molecule has 0 bridgehead atoms. The Labute approximate surface area is 160 Å². The molecule has 2 heterocycles. The highest BCUT2D eigenvalue weighted by Gasteiger charge is 2.18. The number of ether oxygens (including phenoxy) is 2. The van der Waals surface area contributed by atoms with Gasteiger partial charge in [0.2, 0.25) is 0 Å². The van der Waals surface area contributed by atoms with Crippen LogP contribution in [0, 0.1) is 4.91 Å². The molecular weight excluding hydrogens is 377 g/mol. The lowest BCUT2D eigenvalue weighted by atomic mass is 10.1. The van der Waals surface area contributed by atoms with Crippen LogP contribution in [0.3, 0.4) is 0 Å². The van der Waals surface area contributed by atoms with Gasteiger partial charge in [-0.05, 0) is 31.2 Å². The number of aliphatic hydroxyl groups excluding tert-OH is 1. The number of halogens is 2. The van der Waals surface area contributed by atoms with Crippen molar-refractivity contribution in [1.82, 2.24) is 9.97 Å². The third-order valence-electron chi connectivity index (χ3n) is 3.56. The number of nitroso groups, excluding NO2 is 1. The summed E-state index contributed by atoms with van der Waals surface area (Å²) >= 11 is 6.25. The molecule has 0 fully saturated rings. The van der Waals surface area contributed by atoms with Gasteiger partial charge in [0.15, 0.2) is 0 Å². The Balaban J connectivity index is 2.42. The quantitative estimate of drug-likeness (QED) is 0.375. The second-order valence-corrected chi connectivity index (χ2v) is 5.84. The lowest BCUT2D eigenvalue weighted by molar-refractivity contribution is 0.151. The smallest absolute Gasteiger partial charge is 0.139 e. The first-order chi connectivity index (χ1) is 13.0. The summed E-state index contributed by atoms with van der Waals surface area (Å²) in [5.41, 5.74) is 1.11. The number of pyridine rings is 1. The minimum atomic E-state index is -0.947. The van der Waals surface area contributed by atoms with Crippen LogP contribution in [0.25, 0.3) is 11.0 Å². The third-order valence-corrected chi connectivity index (χ3v) is 3.87. The highest BCUT2D eigenvalue weighted by atomic mass is 35.5. The van der Waals surface area contributed by atoms with Crippen molar-refractivity contribution < 1.29 is 19.0 Å². The molecule has 0 saturated carbocycles. The van der Waals surface area contributed by atoms with Crippen molar-refractivity contribution in [3.63, 3.8) is 0 Å². The zero-order valence-corrected chi connectivity index (χ0v) is 15.5. The molecule has 2 N–H and O–H groups in total. The van der Waals surface area contributed by atoms with Gasteiger partial charge in [0.1, 0.15) is 29.8 Å². The summed E-state index contributed by atoms with van der Waals surface area (Å²) in [4.78, 5) is 18.6.